The Hall–Kier alpha value is -4.18. The van der Waals surface area contributed by atoms with Gasteiger partial charge in [0, 0.05) is 6.54 Å². The number of unbranched alkanes of at least 4 members (excludes halogenated alkanes) is 5. The van der Waals surface area contributed by atoms with Crippen LogP contribution in [0.5, 0.6) is 11.5 Å². The second-order valence-electron chi connectivity index (χ2n) is 10.3. The number of hydrogen-bond acceptors (Lipinski definition) is 11. The molecule has 2 amide bonds. The number of anilines is 3. The number of primary amides is 1. The molecule has 2 aromatic rings. The summed E-state index contributed by atoms with van der Waals surface area (Å²) in [6.45, 7) is 1.26. The van der Waals surface area contributed by atoms with Crippen LogP contribution in [-0.4, -0.2) is 65.1 Å². The zero-order valence-electron chi connectivity index (χ0n) is 25.2. The summed E-state index contributed by atoms with van der Waals surface area (Å²) < 4.78 is 90.1. The molecule has 4 rings (SSSR count). The van der Waals surface area contributed by atoms with Gasteiger partial charge >= 0.3 is 26.4 Å². The molecular weight excluding hydrogens is 679 g/mol. The van der Waals surface area contributed by atoms with E-state index in [4.69, 9.17) is 30.3 Å². The fourth-order valence-corrected chi connectivity index (χ4v) is 6.71. The second kappa shape index (κ2) is 16.1. The van der Waals surface area contributed by atoms with Gasteiger partial charge in [-0.3, -0.25) is 13.6 Å². The third kappa shape index (κ3) is 10.4. The molecule has 2 aliphatic heterocycles. The van der Waals surface area contributed by atoms with Crippen LogP contribution in [0.3, 0.4) is 0 Å². The minimum absolute atomic E-state index is 0.0155. The second-order valence-corrected chi connectivity index (χ2v) is 13.7. The number of benzene rings is 2. The molecule has 0 bridgehead atoms. The highest BCUT2D eigenvalue weighted by Gasteiger charge is 2.31. The van der Waals surface area contributed by atoms with E-state index < -0.39 is 37.7 Å². The number of fused-ring (bicyclic) bond motifs is 2. The molecule has 21 heteroatoms. The molecule has 0 fully saturated rings. The Bertz CT molecular complexity index is 1770. The molecule has 0 saturated carbocycles. The number of amidine groups is 2. The number of nitrogens with two attached hydrogens (primary N) is 3. The minimum atomic E-state index is -4.24. The number of carbonyl (C=O) groups is 1. The third-order valence-corrected chi connectivity index (χ3v) is 8.91. The quantitative estimate of drug-likeness (QED) is 0.115. The van der Waals surface area contributed by atoms with E-state index in [-0.39, 0.29) is 53.3 Å². The van der Waals surface area contributed by atoms with Crippen molar-refractivity contribution >= 4 is 66.4 Å². The highest BCUT2D eigenvalue weighted by molar-refractivity contribution is 7.92. The Morgan fingerprint density at radius 1 is 0.830 bits per heavy atom. The lowest BCUT2D eigenvalue weighted by molar-refractivity contribution is 0.248. The average molecular weight is 716 g/mol. The fraction of sp³-hybridized carbons (Fsp3) is 0.423. The van der Waals surface area contributed by atoms with Crippen LogP contribution in [0.2, 0.25) is 0 Å². The smallest absolute Gasteiger partial charge is 0.344 e. The van der Waals surface area contributed by atoms with Gasteiger partial charge in [-0.15, -0.1) is 8.80 Å². The summed E-state index contributed by atoms with van der Waals surface area (Å²) in [7, 11) is -8.42. The van der Waals surface area contributed by atoms with Crippen LogP contribution in [0.4, 0.5) is 21.9 Å². The highest BCUT2D eigenvalue weighted by Crippen LogP contribution is 2.39. The van der Waals surface area contributed by atoms with Crippen molar-refractivity contribution in [2.75, 3.05) is 41.1 Å². The van der Waals surface area contributed by atoms with E-state index in [1.807, 2.05) is 0 Å². The van der Waals surface area contributed by atoms with Crippen molar-refractivity contribution in [1.29, 1.82) is 0 Å². The predicted octanol–water partition coefficient (Wildman–Crippen LogP) is 1.30. The summed E-state index contributed by atoms with van der Waals surface area (Å²) in [5.41, 5.74) is 11.9. The van der Waals surface area contributed by atoms with Gasteiger partial charge in [0.2, 0.25) is 11.3 Å². The van der Waals surface area contributed by atoms with E-state index in [0.29, 0.717) is 50.1 Å². The van der Waals surface area contributed by atoms with Gasteiger partial charge in [0.05, 0.1) is 48.0 Å². The molecule has 0 radical (unpaired) electrons. The first kappa shape index (κ1) is 35.7. The maximum Gasteiger partial charge on any atom is 0.344 e. The molecular formula is C26H37N9O9S3. The molecule has 47 heavy (non-hydrogen) atoms. The van der Waals surface area contributed by atoms with E-state index in [9.17, 15) is 25.8 Å². The van der Waals surface area contributed by atoms with Crippen molar-refractivity contribution < 1.29 is 39.5 Å². The van der Waals surface area contributed by atoms with Gasteiger partial charge in [-0.2, -0.15) is 16.8 Å². The van der Waals surface area contributed by atoms with Crippen LogP contribution in [0.25, 0.3) is 0 Å². The number of hydrogen-bond donors (Lipinski definition) is 7. The van der Waals surface area contributed by atoms with Gasteiger partial charge in [0.25, 0.3) is 0 Å². The Balaban J connectivity index is 1.53. The van der Waals surface area contributed by atoms with Crippen molar-refractivity contribution in [3.05, 3.63) is 41.5 Å². The average Bonchev–Trinajstić information content (AvgIpc) is 2.97. The number of carbonyl (C=O) groups excluding carboxylic acids is 1. The van der Waals surface area contributed by atoms with Crippen LogP contribution >= 0.6 is 0 Å². The van der Waals surface area contributed by atoms with Crippen LogP contribution in [0.15, 0.2) is 39.1 Å². The normalized spacial score (nSPS) is 16.2. The molecule has 10 N–H and O–H groups in total. The topological polar surface area (TPSA) is 281 Å². The van der Waals surface area contributed by atoms with Gasteiger partial charge in [-0.25, -0.2) is 14.1 Å². The van der Waals surface area contributed by atoms with Crippen LogP contribution in [-0.2, 0) is 35.9 Å². The molecule has 0 saturated heterocycles. The molecule has 2 aromatic carbocycles. The largest absolute Gasteiger partial charge is 0.493 e. The molecule has 2 aliphatic rings. The number of urea groups is 1. The summed E-state index contributed by atoms with van der Waals surface area (Å²) in [5, 5.41) is 10.5. The Kier molecular flexibility index (Phi) is 12.2. The summed E-state index contributed by atoms with van der Waals surface area (Å²) in [6.07, 6.45) is 4.96. The van der Waals surface area contributed by atoms with Crippen LogP contribution < -0.4 is 46.2 Å². The molecule has 258 valence electrons. The van der Waals surface area contributed by atoms with E-state index in [0.717, 1.165) is 19.3 Å². The molecule has 18 nitrogen and oxygen atoms in total. The number of nitrogens with one attached hydrogen (secondary N) is 4. The van der Waals surface area contributed by atoms with Crippen LogP contribution in [0, 0.1) is 0 Å². The SMILES string of the molecule is NC(=O)NCCCCCCOc1cccc2c1C(Nc1ccc(OCCCCCOS(N)=O)c3c1NS(=O)(=O)N=C3N)=NS(=O)(=O)N2. The van der Waals surface area contributed by atoms with Crippen molar-refractivity contribution in [2.24, 2.45) is 25.4 Å². The molecule has 0 aliphatic carbocycles. The van der Waals surface area contributed by atoms with Crippen molar-refractivity contribution in [3.8, 4) is 11.5 Å². The lowest BCUT2D eigenvalue weighted by Gasteiger charge is -2.25. The molecule has 1 unspecified atom stereocenters. The summed E-state index contributed by atoms with van der Waals surface area (Å²) in [6, 6.07) is 7.30. The van der Waals surface area contributed by atoms with Gasteiger partial charge in [0.15, 0.2) is 11.7 Å². The number of rotatable bonds is 17. The van der Waals surface area contributed by atoms with Gasteiger partial charge in [-0.1, -0.05) is 18.9 Å². The minimum Gasteiger partial charge on any atom is -0.493 e. The Morgan fingerprint density at radius 2 is 1.47 bits per heavy atom. The number of amides is 2. The van der Waals surface area contributed by atoms with Crippen molar-refractivity contribution in [3.63, 3.8) is 0 Å². The summed E-state index contributed by atoms with van der Waals surface area (Å²) in [5.74, 6) is 0.128. The van der Waals surface area contributed by atoms with Gasteiger partial charge in [0.1, 0.15) is 11.5 Å². The molecule has 2 heterocycles. The first-order chi connectivity index (χ1) is 22.3. The monoisotopic (exact) mass is 715 g/mol. The third-order valence-electron chi connectivity index (χ3n) is 6.71. The van der Waals surface area contributed by atoms with E-state index >= 15 is 0 Å². The molecule has 1 atom stereocenters. The van der Waals surface area contributed by atoms with Gasteiger partial charge in [-0.05, 0) is 56.4 Å². The zero-order valence-corrected chi connectivity index (χ0v) is 27.6. The van der Waals surface area contributed by atoms with E-state index in [1.54, 1.807) is 24.3 Å². The fourth-order valence-electron chi connectivity index (χ4n) is 4.69. The molecule has 0 aromatic heterocycles. The van der Waals surface area contributed by atoms with Crippen molar-refractivity contribution in [2.45, 2.75) is 44.9 Å². The Morgan fingerprint density at radius 3 is 2.17 bits per heavy atom. The summed E-state index contributed by atoms with van der Waals surface area (Å²) in [4.78, 5) is 10.8. The lowest BCUT2D eigenvalue weighted by atomic mass is 10.1. The molecule has 0 spiro atoms. The first-order valence-corrected chi connectivity index (χ1v) is 18.5. The zero-order chi connectivity index (χ0) is 34.0. The Labute approximate surface area is 275 Å². The van der Waals surface area contributed by atoms with E-state index in [1.165, 1.54) is 6.07 Å². The maximum absolute atomic E-state index is 12.7. The van der Waals surface area contributed by atoms with E-state index in [2.05, 4.69) is 28.9 Å². The maximum atomic E-state index is 12.7. The van der Waals surface area contributed by atoms with Crippen LogP contribution in [0.1, 0.15) is 56.1 Å². The number of nitrogens with zero attached hydrogens (tertiary/aromatic N) is 2. The highest BCUT2D eigenvalue weighted by atomic mass is 32.2. The lowest BCUT2D eigenvalue weighted by Crippen LogP contribution is -2.30. The van der Waals surface area contributed by atoms with Crippen molar-refractivity contribution in [1.82, 2.24) is 5.32 Å². The van der Waals surface area contributed by atoms with Gasteiger partial charge < -0.3 is 31.6 Å². The standard InChI is InChI=1S/C26H37N9O9S3/c27-24-22-20(43-15-6-3-7-16-44-45(29)37)12-11-18(23(22)33-47(40,41)34-24)31-25-21-17(32-46(38,39)35-25)9-8-10-19(21)42-14-5-2-1-4-13-30-26(28)36/h8-12,32-33H,1-7,13-16,29H2,(H2,27,34)(H,31,35)(H3,28,30,36). The predicted molar refractivity (Wildman–Crippen MR) is 178 cm³/mol. The summed E-state index contributed by atoms with van der Waals surface area (Å²) >= 11 is -1.83. The number of ether oxygens (including phenoxy) is 2. The first-order valence-electron chi connectivity index (χ1n) is 14.5.